The second-order valence-corrected chi connectivity index (χ2v) is 6.21. The normalized spacial score (nSPS) is 10.2. The SMILES string of the molecule is CCCCNc1ccccc1C(=O)OCC(=O)Nc1ccc(OC)c(Cl)c1. The molecule has 0 saturated heterocycles. The molecule has 0 radical (unpaired) electrons. The van der Waals surface area contributed by atoms with Crippen LogP contribution in [0.15, 0.2) is 42.5 Å². The number of benzene rings is 2. The third kappa shape index (κ3) is 6.18. The summed E-state index contributed by atoms with van der Waals surface area (Å²) in [5, 5.41) is 6.21. The summed E-state index contributed by atoms with van der Waals surface area (Å²) in [5.74, 6) is -0.508. The fourth-order valence-electron chi connectivity index (χ4n) is 2.37. The summed E-state index contributed by atoms with van der Waals surface area (Å²) in [4.78, 5) is 24.3. The molecule has 0 bridgehead atoms. The van der Waals surface area contributed by atoms with Crippen LogP contribution >= 0.6 is 11.6 Å². The van der Waals surface area contributed by atoms with Gasteiger partial charge in [0, 0.05) is 17.9 Å². The molecule has 0 unspecified atom stereocenters. The van der Waals surface area contributed by atoms with Crippen molar-refractivity contribution in [3.05, 3.63) is 53.1 Å². The molecule has 0 atom stereocenters. The number of unbranched alkanes of at least 4 members (excludes halogenated alkanes) is 1. The predicted molar refractivity (Wildman–Crippen MR) is 107 cm³/mol. The van der Waals surface area contributed by atoms with Gasteiger partial charge in [-0.2, -0.15) is 0 Å². The van der Waals surface area contributed by atoms with Gasteiger partial charge < -0.3 is 20.1 Å². The van der Waals surface area contributed by atoms with Gasteiger partial charge in [-0.15, -0.1) is 0 Å². The number of esters is 1. The Morgan fingerprint density at radius 1 is 1.15 bits per heavy atom. The number of methoxy groups -OCH3 is 1. The summed E-state index contributed by atoms with van der Waals surface area (Å²) in [7, 11) is 1.51. The predicted octanol–water partition coefficient (Wildman–Crippen LogP) is 4.36. The number of rotatable bonds is 9. The number of anilines is 2. The van der Waals surface area contributed by atoms with E-state index in [-0.39, 0.29) is 0 Å². The molecule has 0 aromatic heterocycles. The van der Waals surface area contributed by atoms with Crippen LogP contribution in [-0.4, -0.2) is 32.1 Å². The molecular weight excluding hydrogens is 368 g/mol. The summed E-state index contributed by atoms with van der Waals surface area (Å²) in [6.45, 7) is 2.46. The van der Waals surface area contributed by atoms with Gasteiger partial charge in [-0.05, 0) is 36.8 Å². The van der Waals surface area contributed by atoms with Crippen LogP contribution in [0.4, 0.5) is 11.4 Å². The van der Waals surface area contributed by atoms with Crippen LogP contribution in [0.2, 0.25) is 5.02 Å². The van der Waals surface area contributed by atoms with E-state index >= 15 is 0 Å². The van der Waals surface area contributed by atoms with Crippen LogP contribution in [-0.2, 0) is 9.53 Å². The first kappa shape index (κ1) is 20.6. The Bertz CT molecular complexity index is 795. The molecule has 27 heavy (non-hydrogen) atoms. The maximum atomic E-state index is 12.3. The first-order valence-electron chi connectivity index (χ1n) is 8.68. The second kappa shape index (κ2) is 10.4. The van der Waals surface area contributed by atoms with E-state index in [2.05, 4.69) is 17.6 Å². The van der Waals surface area contributed by atoms with E-state index < -0.39 is 18.5 Å². The third-order valence-electron chi connectivity index (χ3n) is 3.76. The van der Waals surface area contributed by atoms with Crippen molar-refractivity contribution >= 4 is 34.9 Å². The monoisotopic (exact) mass is 390 g/mol. The zero-order chi connectivity index (χ0) is 19.6. The standard InChI is InChI=1S/C20H23ClN2O4/c1-3-4-11-22-17-8-6-5-7-15(17)20(25)27-13-19(24)23-14-9-10-18(26-2)16(21)12-14/h5-10,12,22H,3-4,11,13H2,1-2H3,(H,23,24). The number of amides is 1. The number of hydrogen-bond donors (Lipinski definition) is 2. The third-order valence-corrected chi connectivity index (χ3v) is 4.06. The number of halogens is 1. The van der Waals surface area contributed by atoms with E-state index in [1.165, 1.54) is 7.11 Å². The van der Waals surface area contributed by atoms with Gasteiger partial charge in [-0.25, -0.2) is 4.79 Å². The van der Waals surface area contributed by atoms with Gasteiger partial charge in [0.15, 0.2) is 6.61 Å². The first-order valence-corrected chi connectivity index (χ1v) is 9.06. The molecule has 7 heteroatoms. The molecule has 2 aromatic rings. The van der Waals surface area contributed by atoms with Crippen molar-refractivity contribution in [1.82, 2.24) is 0 Å². The molecule has 0 saturated carbocycles. The summed E-state index contributed by atoms with van der Waals surface area (Å²) >= 11 is 6.02. The van der Waals surface area contributed by atoms with Crippen LogP contribution in [0.1, 0.15) is 30.1 Å². The van der Waals surface area contributed by atoms with Crippen molar-refractivity contribution in [3.63, 3.8) is 0 Å². The summed E-state index contributed by atoms with van der Waals surface area (Å²) in [6.07, 6.45) is 2.05. The topological polar surface area (TPSA) is 76.7 Å². The van der Waals surface area contributed by atoms with Crippen molar-refractivity contribution in [2.75, 3.05) is 30.9 Å². The van der Waals surface area contributed by atoms with Crippen molar-refractivity contribution in [2.45, 2.75) is 19.8 Å². The van der Waals surface area contributed by atoms with Gasteiger partial charge in [0.05, 0.1) is 17.7 Å². The Kier molecular flexibility index (Phi) is 7.95. The van der Waals surface area contributed by atoms with E-state index in [0.29, 0.717) is 27.7 Å². The molecule has 0 fully saturated rings. The van der Waals surface area contributed by atoms with Gasteiger partial charge in [0.2, 0.25) is 0 Å². The van der Waals surface area contributed by atoms with Crippen LogP contribution in [0, 0.1) is 0 Å². The quantitative estimate of drug-likeness (QED) is 0.491. The molecule has 6 nitrogen and oxygen atoms in total. The van der Waals surface area contributed by atoms with E-state index in [9.17, 15) is 9.59 Å². The lowest BCUT2D eigenvalue weighted by molar-refractivity contribution is -0.119. The smallest absolute Gasteiger partial charge is 0.340 e. The van der Waals surface area contributed by atoms with E-state index in [1.54, 1.807) is 30.3 Å². The largest absolute Gasteiger partial charge is 0.495 e. The molecule has 0 aliphatic heterocycles. The maximum absolute atomic E-state index is 12.3. The second-order valence-electron chi connectivity index (χ2n) is 5.80. The summed E-state index contributed by atoms with van der Waals surface area (Å²) < 4.78 is 10.2. The average molecular weight is 391 g/mol. The molecule has 144 valence electrons. The molecule has 2 N–H and O–H groups in total. The van der Waals surface area contributed by atoms with Crippen LogP contribution < -0.4 is 15.4 Å². The molecule has 0 aliphatic carbocycles. The fraction of sp³-hybridized carbons (Fsp3) is 0.300. The first-order chi connectivity index (χ1) is 13.0. The zero-order valence-electron chi connectivity index (χ0n) is 15.4. The molecular formula is C20H23ClN2O4. The highest BCUT2D eigenvalue weighted by Crippen LogP contribution is 2.27. The van der Waals surface area contributed by atoms with Crippen molar-refractivity contribution in [2.24, 2.45) is 0 Å². The number of para-hydroxylation sites is 1. The number of carbonyl (C=O) groups is 2. The fourth-order valence-corrected chi connectivity index (χ4v) is 2.62. The Morgan fingerprint density at radius 3 is 2.63 bits per heavy atom. The van der Waals surface area contributed by atoms with Crippen molar-refractivity contribution < 1.29 is 19.1 Å². The highest BCUT2D eigenvalue weighted by Gasteiger charge is 2.14. The maximum Gasteiger partial charge on any atom is 0.340 e. The van der Waals surface area contributed by atoms with Crippen LogP contribution in [0.25, 0.3) is 0 Å². The minimum atomic E-state index is -0.558. The molecule has 1 amide bonds. The van der Waals surface area contributed by atoms with E-state index in [1.807, 2.05) is 12.1 Å². The van der Waals surface area contributed by atoms with Crippen molar-refractivity contribution in [1.29, 1.82) is 0 Å². The summed E-state index contributed by atoms with van der Waals surface area (Å²) in [6, 6.07) is 11.9. The van der Waals surface area contributed by atoms with Crippen LogP contribution in [0.3, 0.4) is 0 Å². The number of hydrogen-bond acceptors (Lipinski definition) is 5. The molecule has 2 rings (SSSR count). The van der Waals surface area contributed by atoms with Gasteiger partial charge in [0.1, 0.15) is 5.75 Å². The highest BCUT2D eigenvalue weighted by atomic mass is 35.5. The lowest BCUT2D eigenvalue weighted by atomic mass is 10.1. The number of ether oxygens (including phenoxy) is 2. The lowest BCUT2D eigenvalue weighted by Gasteiger charge is -2.12. The Balaban J connectivity index is 1.91. The van der Waals surface area contributed by atoms with E-state index in [4.69, 9.17) is 21.1 Å². The number of nitrogens with one attached hydrogen (secondary N) is 2. The Hall–Kier alpha value is -2.73. The van der Waals surface area contributed by atoms with Crippen LogP contribution in [0.5, 0.6) is 5.75 Å². The van der Waals surface area contributed by atoms with Gasteiger partial charge >= 0.3 is 5.97 Å². The van der Waals surface area contributed by atoms with Crippen molar-refractivity contribution in [3.8, 4) is 5.75 Å². The average Bonchev–Trinajstić information content (AvgIpc) is 2.67. The highest BCUT2D eigenvalue weighted by molar-refractivity contribution is 6.32. The zero-order valence-corrected chi connectivity index (χ0v) is 16.1. The minimum absolute atomic E-state index is 0.374. The summed E-state index contributed by atoms with van der Waals surface area (Å²) in [5.41, 5.74) is 1.58. The van der Waals surface area contributed by atoms with E-state index in [0.717, 1.165) is 19.4 Å². The minimum Gasteiger partial charge on any atom is -0.495 e. The lowest BCUT2D eigenvalue weighted by Crippen LogP contribution is -2.21. The van der Waals surface area contributed by atoms with Gasteiger partial charge in [-0.3, -0.25) is 4.79 Å². The Morgan fingerprint density at radius 2 is 1.93 bits per heavy atom. The Labute approximate surface area is 163 Å². The molecule has 0 aliphatic rings. The molecule has 0 spiro atoms. The molecule has 2 aromatic carbocycles. The number of carbonyl (C=O) groups excluding carboxylic acids is 2. The van der Waals surface area contributed by atoms with Gasteiger partial charge in [-0.1, -0.05) is 37.1 Å². The van der Waals surface area contributed by atoms with Gasteiger partial charge in [0.25, 0.3) is 5.91 Å². The molecule has 0 heterocycles.